The lowest BCUT2D eigenvalue weighted by Gasteiger charge is -2.37. The van der Waals surface area contributed by atoms with Crippen molar-refractivity contribution in [1.29, 1.82) is 0 Å². The first kappa shape index (κ1) is 12.4. The molecular formula is C14H17ClN2S. The fourth-order valence-electron chi connectivity index (χ4n) is 2.77. The van der Waals surface area contributed by atoms with Gasteiger partial charge in [-0.1, -0.05) is 31.4 Å². The summed E-state index contributed by atoms with van der Waals surface area (Å²) in [7, 11) is 0. The van der Waals surface area contributed by atoms with E-state index in [4.69, 9.17) is 22.3 Å². The molecule has 2 unspecified atom stereocenters. The number of nitrogens with zero attached hydrogens (tertiary/aromatic N) is 1. The second kappa shape index (κ2) is 4.48. The first-order valence-electron chi connectivity index (χ1n) is 6.42. The molecule has 2 N–H and O–H groups in total. The van der Waals surface area contributed by atoms with Crippen LogP contribution in [0.5, 0.6) is 0 Å². The Morgan fingerprint density at radius 1 is 1.44 bits per heavy atom. The summed E-state index contributed by atoms with van der Waals surface area (Å²) in [4.78, 5) is 4.78. The van der Waals surface area contributed by atoms with Crippen LogP contribution in [0.25, 0.3) is 10.2 Å². The average Bonchev–Trinajstić information content (AvgIpc) is 2.76. The highest BCUT2D eigenvalue weighted by Crippen LogP contribution is 2.41. The summed E-state index contributed by atoms with van der Waals surface area (Å²) < 4.78 is 1.16. The molecule has 1 aliphatic carbocycles. The van der Waals surface area contributed by atoms with E-state index in [2.05, 4.69) is 6.92 Å². The zero-order valence-electron chi connectivity index (χ0n) is 10.4. The van der Waals surface area contributed by atoms with E-state index in [-0.39, 0.29) is 11.5 Å². The fourth-order valence-corrected chi connectivity index (χ4v) is 4.25. The van der Waals surface area contributed by atoms with Crippen molar-refractivity contribution in [1.82, 2.24) is 4.98 Å². The molecule has 0 saturated heterocycles. The molecule has 1 aliphatic rings. The van der Waals surface area contributed by atoms with E-state index < -0.39 is 0 Å². The van der Waals surface area contributed by atoms with Crippen LogP contribution in [0, 0.1) is 0 Å². The van der Waals surface area contributed by atoms with Crippen molar-refractivity contribution in [2.24, 2.45) is 5.73 Å². The summed E-state index contributed by atoms with van der Waals surface area (Å²) in [5.74, 6) is 0. The lowest BCUT2D eigenvalue weighted by molar-refractivity contribution is 0.271. The van der Waals surface area contributed by atoms with Crippen molar-refractivity contribution in [3.05, 3.63) is 28.2 Å². The van der Waals surface area contributed by atoms with Crippen LogP contribution >= 0.6 is 22.9 Å². The van der Waals surface area contributed by atoms with Gasteiger partial charge in [0.05, 0.1) is 10.2 Å². The van der Waals surface area contributed by atoms with Crippen LogP contribution in [0.15, 0.2) is 18.2 Å². The maximum absolute atomic E-state index is 6.34. The minimum absolute atomic E-state index is 0.0361. The molecule has 3 rings (SSSR count). The third-order valence-electron chi connectivity index (χ3n) is 4.12. The fraction of sp³-hybridized carbons (Fsp3) is 0.500. The van der Waals surface area contributed by atoms with Gasteiger partial charge in [-0.2, -0.15) is 0 Å². The van der Waals surface area contributed by atoms with Gasteiger partial charge in [0.15, 0.2) is 0 Å². The average molecular weight is 281 g/mol. The van der Waals surface area contributed by atoms with Gasteiger partial charge in [-0.3, -0.25) is 0 Å². The molecule has 2 aromatic rings. The number of rotatable bonds is 1. The number of nitrogens with two attached hydrogens (primary N) is 1. The highest BCUT2D eigenvalue weighted by Gasteiger charge is 2.38. The Balaban J connectivity index is 2.07. The standard InChI is InChI=1S/C14H17ClN2S/c1-14(7-3-2-4-12(14)16)13-17-10-6-5-9(15)8-11(10)18-13/h5-6,8,12H,2-4,7,16H2,1H3. The van der Waals surface area contributed by atoms with Crippen molar-refractivity contribution in [2.45, 2.75) is 44.1 Å². The number of hydrogen-bond donors (Lipinski definition) is 1. The predicted molar refractivity (Wildman–Crippen MR) is 78.4 cm³/mol. The molecule has 1 aromatic heterocycles. The lowest BCUT2D eigenvalue weighted by atomic mass is 9.72. The number of aromatic nitrogens is 1. The van der Waals surface area contributed by atoms with Crippen molar-refractivity contribution in [3.63, 3.8) is 0 Å². The molecule has 4 heteroatoms. The van der Waals surface area contributed by atoms with Gasteiger partial charge in [0.1, 0.15) is 5.01 Å². The highest BCUT2D eigenvalue weighted by atomic mass is 35.5. The van der Waals surface area contributed by atoms with Gasteiger partial charge in [-0.15, -0.1) is 11.3 Å². The molecule has 0 spiro atoms. The Kier molecular flexibility index (Phi) is 3.08. The monoisotopic (exact) mass is 280 g/mol. The van der Waals surface area contributed by atoms with Gasteiger partial charge in [-0.05, 0) is 31.0 Å². The Bertz CT molecular complexity index is 580. The molecule has 18 heavy (non-hydrogen) atoms. The van der Waals surface area contributed by atoms with E-state index in [1.54, 1.807) is 11.3 Å². The van der Waals surface area contributed by atoms with Crippen molar-refractivity contribution >= 4 is 33.2 Å². The first-order valence-corrected chi connectivity index (χ1v) is 7.61. The second-order valence-electron chi connectivity index (χ2n) is 5.40. The second-order valence-corrected chi connectivity index (χ2v) is 6.87. The number of benzene rings is 1. The molecule has 0 radical (unpaired) electrons. The van der Waals surface area contributed by atoms with E-state index in [1.807, 2.05) is 18.2 Å². The number of hydrogen-bond acceptors (Lipinski definition) is 3. The van der Waals surface area contributed by atoms with Gasteiger partial charge < -0.3 is 5.73 Å². The first-order chi connectivity index (χ1) is 8.59. The highest BCUT2D eigenvalue weighted by molar-refractivity contribution is 7.18. The molecule has 2 nitrogen and oxygen atoms in total. The van der Waals surface area contributed by atoms with Crippen molar-refractivity contribution in [3.8, 4) is 0 Å². The number of halogens is 1. The normalized spacial score (nSPS) is 28.7. The number of fused-ring (bicyclic) bond motifs is 1. The molecule has 0 aliphatic heterocycles. The van der Waals surface area contributed by atoms with E-state index >= 15 is 0 Å². The third-order valence-corrected chi connectivity index (χ3v) is 5.65. The van der Waals surface area contributed by atoms with Crippen molar-refractivity contribution < 1.29 is 0 Å². The molecule has 1 saturated carbocycles. The Hall–Kier alpha value is -0.640. The molecule has 1 heterocycles. The molecular weight excluding hydrogens is 264 g/mol. The Morgan fingerprint density at radius 2 is 2.28 bits per heavy atom. The molecule has 96 valence electrons. The van der Waals surface area contributed by atoms with Crippen LogP contribution < -0.4 is 5.73 Å². The van der Waals surface area contributed by atoms with E-state index in [1.165, 1.54) is 17.8 Å². The third kappa shape index (κ3) is 1.94. The predicted octanol–water partition coefficient (Wildman–Crippen LogP) is 4.11. The van der Waals surface area contributed by atoms with Gasteiger partial charge in [-0.25, -0.2) is 4.98 Å². The SMILES string of the molecule is CC1(c2nc3ccc(Cl)cc3s2)CCCCC1N. The van der Waals surface area contributed by atoms with Crippen LogP contribution in [0.3, 0.4) is 0 Å². The molecule has 0 bridgehead atoms. The van der Waals surface area contributed by atoms with Gasteiger partial charge in [0, 0.05) is 16.5 Å². The summed E-state index contributed by atoms with van der Waals surface area (Å²) in [5.41, 5.74) is 7.41. The summed E-state index contributed by atoms with van der Waals surface area (Å²) in [6.45, 7) is 2.26. The van der Waals surface area contributed by atoms with Crippen molar-refractivity contribution in [2.75, 3.05) is 0 Å². The summed E-state index contributed by atoms with van der Waals surface area (Å²) in [6.07, 6.45) is 4.74. The van der Waals surface area contributed by atoms with Crippen LogP contribution in [-0.4, -0.2) is 11.0 Å². The summed E-state index contributed by atoms with van der Waals surface area (Å²) >= 11 is 7.78. The van der Waals surface area contributed by atoms with E-state index in [9.17, 15) is 0 Å². The summed E-state index contributed by atoms with van der Waals surface area (Å²) in [6, 6.07) is 6.11. The van der Waals surface area contributed by atoms with Gasteiger partial charge >= 0.3 is 0 Å². The number of thiazole rings is 1. The van der Waals surface area contributed by atoms with Crippen LogP contribution in [-0.2, 0) is 5.41 Å². The minimum atomic E-state index is 0.0361. The van der Waals surface area contributed by atoms with Crippen LogP contribution in [0.1, 0.15) is 37.6 Å². The molecule has 2 atom stereocenters. The Labute approximate surface area is 116 Å². The quantitative estimate of drug-likeness (QED) is 0.854. The molecule has 1 aromatic carbocycles. The molecule has 0 amide bonds. The smallest absolute Gasteiger partial charge is 0.101 e. The maximum Gasteiger partial charge on any atom is 0.101 e. The zero-order valence-corrected chi connectivity index (χ0v) is 12.0. The van der Waals surface area contributed by atoms with Crippen LogP contribution in [0.2, 0.25) is 5.02 Å². The Morgan fingerprint density at radius 3 is 3.06 bits per heavy atom. The minimum Gasteiger partial charge on any atom is -0.327 e. The van der Waals surface area contributed by atoms with Crippen LogP contribution in [0.4, 0.5) is 0 Å². The zero-order chi connectivity index (χ0) is 12.8. The van der Waals surface area contributed by atoms with E-state index in [0.29, 0.717) is 0 Å². The molecule has 1 fully saturated rings. The largest absolute Gasteiger partial charge is 0.327 e. The van der Waals surface area contributed by atoms with Gasteiger partial charge in [0.25, 0.3) is 0 Å². The maximum atomic E-state index is 6.34. The topological polar surface area (TPSA) is 38.9 Å². The lowest BCUT2D eigenvalue weighted by Crippen LogP contribution is -2.45. The van der Waals surface area contributed by atoms with E-state index in [0.717, 1.165) is 28.1 Å². The van der Waals surface area contributed by atoms with Gasteiger partial charge in [0.2, 0.25) is 0 Å². The summed E-state index contributed by atoms with van der Waals surface area (Å²) in [5, 5.41) is 1.95.